The fourth-order valence-electron chi connectivity index (χ4n) is 5.48. The van der Waals surface area contributed by atoms with Gasteiger partial charge in [0.05, 0.1) is 16.4 Å². The molecule has 0 bridgehead atoms. The number of para-hydroxylation sites is 2. The third-order valence-corrected chi connectivity index (χ3v) is 7.34. The van der Waals surface area contributed by atoms with E-state index in [1.807, 2.05) is 19.9 Å². The summed E-state index contributed by atoms with van der Waals surface area (Å²) in [5, 5.41) is 6.72. The Morgan fingerprint density at radius 3 is 1.41 bits per heavy atom. The molecule has 0 saturated carbocycles. The SMILES string of the molecule is C=CC.C=c1/c(=C\C)n(-c2ccc(-c3ccc(-n4/c(=C/C=C\C)c(=C)c5ccccc54)cc3)cc2)c2ccccc12. The molecule has 202 valence electrons. The summed E-state index contributed by atoms with van der Waals surface area (Å²) < 4.78 is 4.59. The molecular weight excluding hydrogens is 496 g/mol. The summed E-state index contributed by atoms with van der Waals surface area (Å²) in [6, 6.07) is 34.5. The van der Waals surface area contributed by atoms with E-state index in [2.05, 4.69) is 151 Å². The molecule has 0 aliphatic rings. The van der Waals surface area contributed by atoms with E-state index < -0.39 is 0 Å². The Balaban J connectivity index is 0.00000108. The van der Waals surface area contributed by atoms with Gasteiger partial charge in [-0.3, -0.25) is 0 Å². The molecule has 6 rings (SSSR count). The molecule has 4 aromatic carbocycles. The van der Waals surface area contributed by atoms with Crippen molar-refractivity contribution in [3.05, 3.63) is 143 Å². The molecule has 2 nitrogen and oxygen atoms in total. The summed E-state index contributed by atoms with van der Waals surface area (Å²) in [6.45, 7) is 18.1. The smallest absolute Gasteiger partial charge is 0.0540 e. The summed E-state index contributed by atoms with van der Waals surface area (Å²) in [7, 11) is 0. The predicted molar refractivity (Wildman–Crippen MR) is 180 cm³/mol. The van der Waals surface area contributed by atoms with Gasteiger partial charge in [0.1, 0.15) is 0 Å². The molecule has 0 atom stereocenters. The monoisotopic (exact) mass is 532 g/mol. The summed E-state index contributed by atoms with van der Waals surface area (Å²) in [6.07, 6.45) is 10.1. The number of benzene rings is 4. The lowest BCUT2D eigenvalue weighted by molar-refractivity contribution is 1.07. The van der Waals surface area contributed by atoms with Crippen LogP contribution >= 0.6 is 0 Å². The first-order valence-corrected chi connectivity index (χ1v) is 14.0. The van der Waals surface area contributed by atoms with Gasteiger partial charge in [-0.15, -0.1) is 6.58 Å². The number of hydrogen-bond donors (Lipinski definition) is 0. The summed E-state index contributed by atoms with van der Waals surface area (Å²) in [5.74, 6) is 0. The maximum absolute atomic E-state index is 4.38. The van der Waals surface area contributed by atoms with Crippen LogP contribution in [-0.2, 0) is 0 Å². The van der Waals surface area contributed by atoms with Crippen molar-refractivity contribution < 1.29 is 0 Å². The Kier molecular flexibility index (Phi) is 8.03. The average Bonchev–Trinajstić information content (AvgIpc) is 3.47. The van der Waals surface area contributed by atoms with Gasteiger partial charge in [-0.1, -0.05) is 98.1 Å². The number of rotatable bonds is 4. The Hall–Kier alpha value is -5.08. The van der Waals surface area contributed by atoms with Crippen LogP contribution in [0.25, 0.3) is 69.6 Å². The molecule has 0 saturated heterocycles. The highest BCUT2D eigenvalue weighted by molar-refractivity contribution is 5.84. The van der Waals surface area contributed by atoms with Crippen LogP contribution in [0.15, 0.2) is 122 Å². The molecule has 6 aromatic rings. The van der Waals surface area contributed by atoms with Crippen LogP contribution in [0.1, 0.15) is 20.8 Å². The lowest BCUT2D eigenvalue weighted by atomic mass is 10.0. The first kappa shape index (κ1) is 27.5. The van der Waals surface area contributed by atoms with Crippen molar-refractivity contribution in [1.82, 2.24) is 9.13 Å². The van der Waals surface area contributed by atoms with Crippen molar-refractivity contribution >= 4 is 47.1 Å². The van der Waals surface area contributed by atoms with E-state index in [9.17, 15) is 0 Å². The van der Waals surface area contributed by atoms with Crippen molar-refractivity contribution in [2.45, 2.75) is 20.8 Å². The van der Waals surface area contributed by atoms with Crippen molar-refractivity contribution in [2.24, 2.45) is 0 Å². The molecule has 0 radical (unpaired) electrons. The fourth-order valence-corrected chi connectivity index (χ4v) is 5.48. The van der Waals surface area contributed by atoms with Crippen LogP contribution in [0, 0.1) is 0 Å². The molecule has 0 fully saturated rings. The Labute approximate surface area is 242 Å². The van der Waals surface area contributed by atoms with Gasteiger partial charge in [0.2, 0.25) is 0 Å². The summed E-state index contributed by atoms with van der Waals surface area (Å²) in [5.41, 5.74) is 6.97. The van der Waals surface area contributed by atoms with Crippen LogP contribution in [0.4, 0.5) is 0 Å². The average molecular weight is 533 g/mol. The molecule has 2 heterocycles. The first-order chi connectivity index (χ1) is 20.0. The number of allylic oxidation sites excluding steroid dienone is 3. The van der Waals surface area contributed by atoms with Gasteiger partial charge in [0, 0.05) is 37.9 Å². The fraction of sp³-hybridized carbons (Fsp3) is 0.0769. The zero-order valence-electron chi connectivity index (χ0n) is 24.1. The highest BCUT2D eigenvalue weighted by Gasteiger charge is 2.10. The highest BCUT2D eigenvalue weighted by atomic mass is 15.0. The van der Waals surface area contributed by atoms with E-state index in [1.54, 1.807) is 6.08 Å². The van der Waals surface area contributed by atoms with Gasteiger partial charge < -0.3 is 9.13 Å². The molecular formula is C39H36N2. The second kappa shape index (κ2) is 12.0. The van der Waals surface area contributed by atoms with Crippen LogP contribution in [-0.4, -0.2) is 9.13 Å². The van der Waals surface area contributed by atoms with Crippen LogP contribution in [0.3, 0.4) is 0 Å². The van der Waals surface area contributed by atoms with E-state index in [0.29, 0.717) is 0 Å². The minimum atomic E-state index is 1.05. The van der Waals surface area contributed by atoms with Gasteiger partial charge in [-0.05, 0) is 74.4 Å². The van der Waals surface area contributed by atoms with E-state index in [-0.39, 0.29) is 0 Å². The Morgan fingerprint density at radius 1 is 0.561 bits per heavy atom. The predicted octanol–water partition coefficient (Wildman–Crippen LogP) is 7.41. The standard InChI is InChI=1S/C36H30N2.C3H6/c1-5-7-14-34-26(4)32-13-9-11-16-36(32)38(34)30-23-19-28(20-24-30)27-17-21-29(22-18-27)37-33(6-2)25(3)31-12-8-10-15-35(31)37;1-3-2/h5-24H,3-4H2,1-2H3;3H,1H2,2H3/b7-5-,33-6+,34-14+;. The molecule has 0 aliphatic heterocycles. The molecule has 0 spiro atoms. The minimum Gasteiger partial charge on any atom is -0.310 e. The van der Waals surface area contributed by atoms with Gasteiger partial charge in [-0.25, -0.2) is 0 Å². The summed E-state index contributed by atoms with van der Waals surface area (Å²) in [4.78, 5) is 0. The Bertz CT molecular complexity index is 2100. The second-order valence-electron chi connectivity index (χ2n) is 9.92. The van der Waals surface area contributed by atoms with Gasteiger partial charge in [0.15, 0.2) is 0 Å². The molecule has 0 amide bonds. The van der Waals surface area contributed by atoms with Crippen molar-refractivity contribution in [2.75, 3.05) is 0 Å². The second-order valence-corrected chi connectivity index (χ2v) is 9.92. The number of aromatic nitrogens is 2. The quantitative estimate of drug-likeness (QED) is 0.209. The zero-order valence-corrected chi connectivity index (χ0v) is 24.1. The number of hydrogen-bond acceptors (Lipinski definition) is 0. The first-order valence-electron chi connectivity index (χ1n) is 14.0. The van der Waals surface area contributed by atoms with Crippen molar-refractivity contribution in [3.8, 4) is 22.5 Å². The molecule has 41 heavy (non-hydrogen) atoms. The molecule has 0 N–H and O–H groups in total. The third-order valence-electron chi connectivity index (χ3n) is 7.34. The molecule has 0 unspecified atom stereocenters. The normalized spacial score (nSPS) is 12.3. The highest BCUT2D eigenvalue weighted by Crippen LogP contribution is 2.24. The van der Waals surface area contributed by atoms with Crippen LogP contribution < -0.4 is 21.1 Å². The maximum atomic E-state index is 4.38. The van der Waals surface area contributed by atoms with E-state index in [4.69, 9.17) is 0 Å². The minimum absolute atomic E-state index is 1.05. The topological polar surface area (TPSA) is 9.86 Å². The largest absolute Gasteiger partial charge is 0.310 e. The third kappa shape index (κ3) is 5.01. The van der Waals surface area contributed by atoms with Crippen molar-refractivity contribution in [1.29, 1.82) is 0 Å². The van der Waals surface area contributed by atoms with Gasteiger partial charge >= 0.3 is 0 Å². The lowest BCUT2D eigenvalue weighted by Crippen LogP contribution is -2.26. The Morgan fingerprint density at radius 2 is 0.976 bits per heavy atom. The maximum Gasteiger partial charge on any atom is 0.0540 e. The molecule has 2 aromatic heterocycles. The van der Waals surface area contributed by atoms with Gasteiger partial charge in [0.25, 0.3) is 0 Å². The molecule has 0 aliphatic carbocycles. The van der Waals surface area contributed by atoms with Crippen LogP contribution in [0.2, 0.25) is 0 Å². The van der Waals surface area contributed by atoms with E-state index in [1.165, 1.54) is 27.4 Å². The van der Waals surface area contributed by atoms with Crippen LogP contribution in [0.5, 0.6) is 0 Å². The zero-order chi connectivity index (χ0) is 28.9. The van der Waals surface area contributed by atoms with E-state index in [0.717, 1.165) is 38.0 Å². The summed E-state index contributed by atoms with van der Waals surface area (Å²) >= 11 is 0. The number of nitrogens with zero attached hydrogens (tertiary/aromatic N) is 2. The van der Waals surface area contributed by atoms with E-state index >= 15 is 0 Å². The number of fused-ring (bicyclic) bond motifs is 2. The molecule has 2 heteroatoms. The van der Waals surface area contributed by atoms with Gasteiger partial charge in [-0.2, -0.15) is 0 Å². The lowest BCUT2D eigenvalue weighted by Gasteiger charge is -2.10. The van der Waals surface area contributed by atoms with Crippen molar-refractivity contribution in [3.63, 3.8) is 0 Å².